The Morgan fingerprint density at radius 2 is 1.83 bits per heavy atom. The van der Waals surface area contributed by atoms with E-state index in [9.17, 15) is 9.18 Å². The molecular weight excluding hydrogens is 401 g/mol. The van der Waals surface area contributed by atoms with Gasteiger partial charge in [0.15, 0.2) is 0 Å². The molecule has 30 heavy (non-hydrogen) atoms. The van der Waals surface area contributed by atoms with Crippen LogP contribution >= 0.6 is 11.3 Å². The van der Waals surface area contributed by atoms with E-state index in [-0.39, 0.29) is 18.3 Å². The van der Waals surface area contributed by atoms with Gasteiger partial charge < -0.3 is 4.90 Å². The molecule has 0 saturated heterocycles. The van der Waals surface area contributed by atoms with E-state index in [1.165, 1.54) is 22.5 Å². The number of hydrogen-bond donors (Lipinski definition) is 0. The highest BCUT2D eigenvalue weighted by Gasteiger charge is 2.17. The van der Waals surface area contributed by atoms with E-state index in [0.29, 0.717) is 24.5 Å². The summed E-state index contributed by atoms with van der Waals surface area (Å²) in [5.74, 6) is -0.0526. The summed E-state index contributed by atoms with van der Waals surface area (Å²) in [7, 11) is 0. The number of nitrogens with zero attached hydrogens (tertiary/aromatic N) is 5. The molecule has 0 radical (unpaired) electrons. The molecule has 0 aliphatic carbocycles. The molecule has 0 unspecified atom stereocenters. The highest BCUT2D eigenvalue weighted by molar-refractivity contribution is 7.09. The minimum absolute atomic E-state index is 0.00560. The fourth-order valence-electron chi connectivity index (χ4n) is 3.04. The average Bonchev–Trinajstić information content (AvgIpc) is 3.44. The maximum absolute atomic E-state index is 13.1. The summed E-state index contributed by atoms with van der Waals surface area (Å²) in [5.41, 5.74) is 1.83. The number of thiophene rings is 1. The number of carbonyl (C=O) groups excluding carboxylic acids is 1. The lowest BCUT2D eigenvalue weighted by molar-refractivity contribution is -0.132. The zero-order valence-electron chi connectivity index (χ0n) is 16.2. The van der Waals surface area contributed by atoms with Crippen LogP contribution < -0.4 is 0 Å². The Bertz CT molecular complexity index is 1080. The molecule has 0 aliphatic heterocycles. The van der Waals surface area contributed by atoms with Crippen molar-refractivity contribution in [2.24, 2.45) is 0 Å². The summed E-state index contributed by atoms with van der Waals surface area (Å²) in [6, 6.07) is 19.9. The van der Waals surface area contributed by atoms with Crippen LogP contribution in [-0.2, 0) is 24.3 Å². The molecule has 0 fully saturated rings. The molecule has 152 valence electrons. The standard InChI is InChI=1S/C22H20FN5OS/c23-19-10-8-18(9-11-19)22-24-26-28(25-22)16-21(29)27(15-20-7-4-14-30-20)13-12-17-5-2-1-3-6-17/h1-11,14H,12-13,15-16H2. The quantitative estimate of drug-likeness (QED) is 0.434. The highest BCUT2D eigenvalue weighted by Crippen LogP contribution is 2.15. The largest absolute Gasteiger partial charge is 0.336 e. The number of rotatable bonds is 8. The van der Waals surface area contributed by atoms with Crippen molar-refractivity contribution in [1.29, 1.82) is 0 Å². The predicted molar refractivity (Wildman–Crippen MR) is 113 cm³/mol. The Balaban J connectivity index is 1.45. The van der Waals surface area contributed by atoms with Crippen LogP contribution in [0.3, 0.4) is 0 Å². The number of aromatic nitrogens is 4. The Hall–Kier alpha value is -3.39. The first-order chi connectivity index (χ1) is 14.7. The molecule has 6 nitrogen and oxygen atoms in total. The number of halogens is 1. The van der Waals surface area contributed by atoms with Crippen molar-refractivity contribution in [3.05, 3.63) is 88.4 Å². The van der Waals surface area contributed by atoms with E-state index in [1.54, 1.807) is 23.5 Å². The first kappa shape index (κ1) is 19.9. The van der Waals surface area contributed by atoms with Gasteiger partial charge in [-0.05, 0) is 52.9 Å². The van der Waals surface area contributed by atoms with Crippen molar-refractivity contribution < 1.29 is 9.18 Å². The van der Waals surface area contributed by atoms with Gasteiger partial charge in [0.1, 0.15) is 12.4 Å². The van der Waals surface area contributed by atoms with Crippen LogP contribution in [0.15, 0.2) is 72.1 Å². The highest BCUT2D eigenvalue weighted by atomic mass is 32.1. The maximum atomic E-state index is 13.1. The lowest BCUT2D eigenvalue weighted by Crippen LogP contribution is -2.35. The van der Waals surface area contributed by atoms with E-state index < -0.39 is 0 Å². The van der Waals surface area contributed by atoms with Gasteiger partial charge in [-0.3, -0.25) is 4.79 Å². The van der Waals surface area contributed by atoms with Crippen LogP contribution in [0.5, 0.6) is 0 Å². The van der Waals surface area contributed by atoms with E-state index in [4.69, 9.17) is 0 Å². The van der Waals surface area contributed by atoms with E-state index in [0.717, 1.165) is 11.3 Å². The molecule has 4 rings (SSSR count). The van der Waals surface area contributed by atoms with Gasteiger partial charge in [0.2, 0.25) is 11.7 Å². The average molecular weight is 422 g/mol. The van der Waals surface area contributed by atoms with Gasteiger partial charge in [0, 0.05) is 17.0 Å². The Morgan fingerprint density at radius 3 is 2.57 bits per heavy atom. The molecule has 0 bridgehead atoms. The van der Waals surface area contributed by atoms with E-state index in [1.807, 2.05) is 40.6 Å². The van der Waals surface area contributed by atoms with Gasteiger partial charge in [-0.1, -0.05) is 36.4 Å². The monoisotopic (exact) mass is 421 g/mol. The maximum Gasteiger partial charge on any atom is 0.246 e. The number of amides is 1. The summed E-state index contributed by atoms with van der Waals surface area (Å²) in [6.45, 7) is 1.14. The van der Waals surface area contributed by atoms with Gasteiger partial charge in [0.25, 0.3) is 0 Å². The second-order valence-corrected chi connectivity index (χ2v) is 7.81. The summed E-state index contributed by atoms with van der Waals surface area (Å²) < 4.78 is 13.1. The molecule has 0 aliphatic rings. The SMILES string of the molecule is O=C(Cn1nnc(-c2ccc(F)cc2)n1)N(CCc1ccccc1)Cc1cccs1. The van der Waals surface area contributed by atoms with Gasteiger partial charge in [-0.2, -0.15) is 4.80 Å². The second kappa shape index (κ2) is 9.41. The lowest BCUT2D eigenvalue weighted by atomic mass is 10.1. The Kier molecular flexibility index (Phi) is 6.24. The third kappa shape index (κ3) is 5.15. The van der Waals surface area contributed by atoms with Crippen molar-refractivity contribution in [3.8, 4) is 11.4 Å². The summed E-state index contributed by atoms with van der Waals surface area (Å²) >= 11 is 1.62. The molecule has 2 aromatic carbocycles. The zero-order valence-corrected chi connectivity index (χ0v) is 17.0. The van der Waals surface area contributed by atoms with E-state index in [2.05, 4.69) is 27.5 Å². The summed E-state index contributed by atoms with van der Waals surface area (Å²) in [4.78, 5) is 17.2. The van der Waals surface area contributed by atoms with Crippen molar-refractivity contribution >= 4 is 17.2 Å². The molecule has 0 spiro atoms. The van der Waals surface area contributed by atoms with Gasteiger partial charge in [-0.25, -0.2) is 4.39 Å². The third-order valence-electron chi connectivity index (χ3n) is 4.62. The normalized spacial score (nSPS) is 10.8. The Morgan fingerprint density at radius 1 is 1.03 bits per heavy atom. The number of benzene rings is 2. The van der Waals surface area contributed by atoms with Crippen LogP contribution in [0.25, 0.3) is 11.4 Å². The van der Waals surface area contributed by atoms with Crippen LogP contribution in [-0.4, -0.2) is 37.6 Å². The first-order valence-electron chi connectivity index (χ1n) is 9.55. The van der Waals surface area contributed by atoms with Crippen molar-refractivity contribution in [1.82, 2.24) is 25.1 Å². The fourth-order valence-corrected chi connectivity index (χ4v) is 3.76. The van der Waals surface area contributed by atoms with Gasteiger partial charge >= 0.3 is 0 Å². The topological polar surface area (TPSA) is 63.9 Å². The van der Waals surface area contributed by atoms with Gasteiger partial charge in [0.05, 0.1) is 6.54 Å². The molecule has 2 aromatic heterocycles. The molecule has 2 heterocycles. The minimum Gasteiger partial charge on any atom is -0.336 e. The van der Waals surface area contributed by atoms with Crippen molar-refractivity contribution in [2.75, 3.05) is 6.54 Å². The predicted octanol–water partition coefficient (Wildman–Crippen LogP) is 3.81. The molecule has 1 amide bonds. The van der Waals surface area contributed by atoms with Crippen molar-refractivity contribution in [2.45, 2.75) is 19.5 Å². The minimum atomic E-state index is -0.330. The first-order valence-corrected chi connectivity index (χ1v) is 10.4. The van der Waals surface area contributed by atoms with E-state index >= 15 is 0 Å². The van der Waals surface area contributed by atoms with Crippen LogP contribution in [0, 0.1) is 5.82 Å². The Labute approximate surface area is 177 Å². The molecule has 0 N–H and O–H groups in total. The summed E-state index contributed by atoms with van der Waals surface area (Å²) in [6.07, 6.45) is 0.767. The molecule has 4 aromatic rings. The van der Waals surface area contributed by atoms with Crippen LogP contribution in [0.1, 0.15) is 10.4 Å². The summed E-state index contributed by atoms with van der Waals surface area (Å²) in [5, 5.41) is 14.3. The molecular formula is C22H20FN5OS. The molecule has 0 atom stereocenters. The molecule has 8 heteroatoms. The lowest BCUT2D eigenvalue weighted by Gasteiger charge is -2.22. The number of hydrogen-bond acceptors (Lipinski definition) is 5. The second-order valence-electron chi connectivity index (χ2n) is 6.78. The van der Waals surface area contributed by atoms with Crippen LogP contribution in [0.4, 0.5) is 4.39 Å². The number of carbonyl (C=O) groups is 1. The fraction of sp³-hybridized carbons (Fsp3) is 0.182. The smallest absolute Gasteiger partial charge is 0.246 e. The zero-order chi connectivity index (χ0) is 20.8. The van der Waals surface area contributed by atoms with Crippen molar-refractivity contribution in [3.63, 3.8) is 0 Å². The van der Waals surface area contributed by atoms with Crippen LogP contribution in [0.2, 0.25) is 0 Å². The molecule has 0 saturated carbocycles. The third-order valence-corrected chi connectivity index (χ3v) is 5.49. The van der Waals surface area contributed by atoms with Gasteiger partial charge in [-0.15, -0.1) is 21.5 Å². The number of tetrazole rings is 1.